The zero-order valence-corrected chi connectivity index (χ0v) is 5.55. The minimum Gasteiger partial charge on any atom is -0.353 e. The molecule has 1 aliphatic rings. The van der Waals surface area contributed by atoms with Crippen LogP contribution >= 0.6 is 0 Å². The summed E-state index contributed by atoms with van der Waals surface area (Å²) in [6.07, 6.45) is 0.609. The van der Waals surface area contributed by atoms with Crippen molar-refractivity contribution in [1.29, 1.82) is 0 Å². The molecular weight excluding hydrogens is 116 g/mol. The lowest BCUT2D eigenvalue weighted by Gasteiger charge is -2.09. The Hall–Kier alpha value is -0.570. The molecule has 0 spiro atoms. The first kappa shape index (κ1) is 6.55. The first-order valence-corrected chi connectivity index (χ1v) is 3.23. The summed E-state index contributed by atoms with van der Waals surface area (Å²) in [4.78, 5) is 10.7. The first-order chi connectivity index (χ1) is 4.24. The topological polar surface area (TPSA) is 55.1 Å². The van der Waals surface area contributed by atoms with Crippen molar-refractivity contribution in [3.63, 3.8) is 0 Å². The lowest BCUT2D eigenvalue weighted by molar-refractivity contribution is -0.119. The molecule has 0 aromatic rings. The van der Waals surface area contributed by atoms with E-state index >= 15 is 0 Å². The van der Waals surface area contributed by atoms with Gasteiger partial charge < -0.3 is 11.1 Å². The Morgan fingerprint density at radius 3 is 2.78 bits per heavy atom. The molecule has 3 N–H and O–H groups in total. The molecule has 1 rings (SSSR count). The predicted octanol–water partition coefficient (Wildman–Crippen LogP) is -0.530. The van der Waals surface area contributed by atoms with E-state index in [9.17, 15) is 4.79 Å². The average Bonchev–Trinajstić information content (AvgIpc) is 2.10. The molecule has 0 saturated carbocycles. The van der Waals surface area contributed by atoms with Gasteiger partial charge in [-0.25, -0.2) is 0 Å². The Balaban J connectivity index is 2.47. The monoisotopic (exact) mass is 128 g/mol. The van der Waals surface area contributed by atoms with Gasteiger partial charge >= 0.3 is 0 Å². The standard InChI is InChI=1S/C6H12N2O/c1-4-5(3-7)2-6(9)8-4/h4-5H,2-3,7H2,1H3,(H,8,9). The third-order valence-electron chi connectivity index (χ3n) is 1.85. The summed E-state index contributed by atoms with van der Waals surface area (Å²) in [7, 11) is 0. The largest absolute Gasteiger partial charge is 0.353 e. The van der Waals surface area contributed by atoms with Gasteiger partial charge in [0.05, 0.1) is 0 Å². The van der Waals surface area contributed by atoms with Crippen molar-refractivity contribution in [3.05, 3.63) is 0 Å². The van der Waals surface area contributed by atoms with Gasteiger partial charge in [0.15, 0.2) is 0 Å². The van der Waals surface area contributed by atoms with Crippen LogP contribution in [0.4, 0.5) is 0 Å². The number of hydrogen-bond donors (Lipinski definition) is 2. The summed E-state index contributed by atoms with van der Waals surface area (Å²) >= 11 is 0. The number of nitrogens with one attached hydrogen (secondary N) is 1. The maximum absolute atomic E-state index is 10.7. The van der Waals surface area contributed by atoms with Crippen LogP contribution in [-0.2, 0) is 4.79 Å². The molecule has 0 aromatic heterocycles. The Kier molecular flexibility index (Phi) is 1.71. The molecule has 2 unspecified atom stereocenters. The lowest BCUT2D eigenvalue weighted by Crippen LogP contribution is -2.28. The Morgan fingerprint density at radius 1 is 1.89 bits per heavy atom. The van der Waals surface area contributed by atoms with Crippen LogP contribution < -0.4 is 11.1 Å². The van der Waals surface area contributed by atoms with Crippen molar-refractivity contribution in [2.75, 3.05) is 6.54 Å². The highest BCUT2D eigenvalue weighted by atomic mass is 16.1. The van der Waals surface area contributed by atoms with E-state index in [1.165, 1.54) is 0 Å². The summed E-state index contributed by atoms with van der Waals surface area (Å²) in [6, 6.07) is 0.280. The molecule has 2 atom stereocenters. The summed E-state index contributed by atoms with van der Waals surface area (Å²) < 4.78 is 0. The number of nitrogens with two attached hydrogens (primary N) is 1. The smallest absolute Gasteiger partial charge is 0.220 e. The molecule has 1 amide bonds. The van der Waals surface area contributed by atoms with Crippen molar-refractivity contribution >= 4 is 5.91 Å². The minimum atomic E-state index is 0.137. The second-order valence-corrected chi connectivity index (χ2v) is 2.56. The zero-order chi connectivity index (χ0) is 6.85. The molecule has 1 fully saturated rings. The maximum Gasteiger partial charge on any atom is 0.220 e. The van der Waals surface area contributed by atoms with Gasteiger partial charge in [0.1, 0.15) is 0 Å². The quantitative estimate of drug-likeness (QED) is 0.498. The fourth-order valence-electron chi connectivity index (χ4n) is 1.13. The number of carbonyl (C=O) groups excluding carboxylic acids is 1. The highest BCUT2D eigenvalue weighted by Gasteiger charge is 2.26. The van der Waals surface area contributed by atoms with Crippen LogP contribution in [0, 0.1) is 5.92 Å². The van der Waals surface area contributed by atoms with E-state index in [4.69, 9.17) is 5.73 Å². The van der Waals surface area contributed by atoms with E-state index in [-0.39, 0.29) is 11.9 Å². The third kappa shape index (κ3) is 1.21. The second kappa shape index (κ2) is 2.35. The molecule has 3 nitrogen and oxygen atoms in total. The molecule has 1 heterocycles. The van der Waals surface area contributed by atoms with Gasteiger partial charge in [-0.3, -0.25) is 4.79 Å². The van der Waals surface area contributed by atoms with Crippen molar-refractivity contribution in [1.82, 2.24) is 5.32 Å². The molecule has 52 valence electrons. The summed E-state index contributed by atoms with van der Waals surface area (Å²) in [5, 5.41) is 2.80. The van der Waals surface area contributed by atoms with Crippen LogP contribution in [0.15, 0.2) is 0 Å². The number of rotatable bonds is 1. The van der Waals surface area contributed by atoms with Gasteiger partial charge in [0.25, 0.3) is 0 Å². The van der Waals surface area contributed by atoms with E-state index in [1.807, 2.05) is 6.92 Å². The van der Waals surface area contributed by atoms with Gasteiger partial charge in [-0.05, 0) is 19.4 Å². The minimum absolute atomic E-state index is 0.137. The first-order valence-electron chi connectivity index (χ1n) is 3.23. The molecular formula is C6H12N2O. The highest BCUT2D eigenvalue weighted by Crippen LogP contribution is 2.13. The molecule has 0 bridgehead atoms. The summed E-state index contributed by atoms with van der Waals surface area (Å²) in [5.74, 6) is 0.496. The Morgan fingerprint density at radius 2 is 2.56 bits per heavy atom. The average molecular weight is 128 g/mol. The third-order valence-corrected chi connectivity index (χ3v) is 1.85. The molecule has 0 aliphatic carbocycles. The van der Waals surface area contributed by atoms with Gasteiger partial charge in [-0.1, -0.05) is 0 Å². The molecule has 9 heavy (non-hydrogen) atoms. The zero-order valence-electron chi connectivity index (χ0n) is 5.55. The van der Waals surface area contributed by atoms with E-state index in [1.54, 1.807) is 0 Å². The summed E-state index contributed by atoms with van der Waals surface area (Å²) in [5.41, 5.74) is 5.39. The van der Waals surface area contributed by atoms with Crippen molar-refractivity contribution < 1.29 is 4.79 Å². The van der Waals surface area contributed by atoms with E-state index in [0.29, 0.717) is 18.9 Å². The van der Waals surface area contributed by atoms with Crippen LogP contribution in [0.25, 0.3) is 0 Å². The van der Waals surface area contributed by atoms with Crippen LogP contribution in [0.3, 0.4) is 0 Å². The molecule has 0 aromatic carbocycles. The highest BCUT2D eigenvalue weighted by molar-refractivity contribution is 5.78. The van der Waals surface area contributed by atoms with Gasteiger partial charge in [-0.15, -0.1) is 0 Å². The van der Waals surface area contributed by atoms with Crippen molar-refractivity contribution in [2.45, 2.75) is 19.4 Å². The fraction of sp³-hybridized carbons (Fsp3) is 0.833. The van der Waals surface area contributed by atoms with Crippen molar-refractivity contribution in [3.8, 4) is 0 Å². The van der Waals surface area contributed by atoms with Gasteiger partial charge in [0.2, 0.25) is 5.91 Å². The number of hydrogen-bond acceptors (Lipinski definition) is 2. The summed E-state index contributed by atoms with van der Waals surface area (Å²) in [6.45, 7) is 2.60. The van der Waals surface area contributed by atoms with Crippen LogP contribution in [0.2, 0.25) is 0 Å². The second-order valence-electron chi connectivity index (χ2n) is 2.56. The Labute approximate surface area is 54.6 Å². The van der Waals surface area contributed by atoms with Crippen LogP contribution in [0.5, 0.6) is 0 Å². The number of amides is 1. The van der Waals surface area contributed by atoms with Crippen LogP contribution in [-0.4, -0.2) is 18.5 Å². The number of carbonyl (C=O) groups is 1. The fourth-order valence-corrected chi connectivity index (χ4v) is 1.13. The maximum atomic E-state index is 10.7. The van der Waals surface area contributed by atoms with Crippen molar-refractivity contribution in [2.24, 2.45) is 11.7 Å². The predicted molar refractivity (Wildman–Crippen MR) is 34.8 cm³/mol. The van der Waals surface area contributed by atoms with Gasteiger partial charge in [0, 0.05) is 12.5 Å². The van der Waals surface area contributed by atoms with Gasteiger partial charge in [-0.2, -0.15) is 0 Å². The van der Waals surface area contributed by atoms with E-state index in [2.05, 4.69) is 5.32 Å². The molecule has 1 saturated heterocycles. The molecule has 0 radical (unpaired) electrons. The lowest BCUT2D eigenvalue weighted by atomic mass is 10.0. The van der Waals surface area contributed by atoms with Crippen LogP contribution in [0.1, 0.15) is 13.3 Å². The van der Waals surface area contributed by atoms with E-state index < -0.39 is 0 Å². The normalized spacial score (nSPS) is 34.7. The van der Waals surface area contributed by atoms with E-state index in [0.717, 1.165) is 0 Å². The SMILES string of the molecule is CC1NC(=O)CC1CN. The Bertz CT molecular complexity index is 124. The molecule has 3 heteroatoms. The molecule has 1 aliphatic heterocycles.